The molecule has 0 unspecified atom stereocenters. The SMILES string of the molecule is CCCC[C@H](NC(=O)[C@H](C)NC(=O)Cc1cc(F)cc(F)c1)C(=O)N(C)C. The molecule has 0 fully saturated rings. The Bertz CT molecular complexity index is 660. The Morgan fingerprint density at radius 3 is 2.19 bits per heavy atom. The van der Waals surface area contributed by atoms with Gasteiger partial charge in [-0.3, -0.25) is 14.4 Å². The second-order valence-electron chi connectivity index (χ2n) is 6.68. The van der Waals surface area contributed by atoms with Crippen molar-refractivity contribution in [1.82, 2.24) is 15.5 Å². The van der Waals surface area contributed by atoms with Gasteiger partial charge in [0, 0.05) is 20.2 Å². The Labute approximate surface area is 158 Å². The highest BCUT2D eigenvalue weighted by Gasteiger charge is 2.25. The number of hydrogen-bond donors (Lipinski definition) is 2. The number of halogens is 2. The van der Waals surface area contributed by atoms with Gasteiger partial charge in [0.2, 0.25) is 17.7 Å². The third kappa shape index (κ3) is 7.72. The lowest BCUT2D eigenvalue weighted by atomic mass is 10.1. The number of unbranched alkanes of at least 4 members (excludes halogenated alkanes) is 1. The smallest absolute Gasteiger partial charge is 0.244 e. The molecule has 3 amide bonds. The van der Waals surface area contributed by atoms with Crippen molar-refractivity contribution in [3.8, 4) is 0 Å². The molecule has 0 saturated carbocycles. The van der Waals surface area contributed by atoms with E-state index < -0.39 is 35.5 Å². The fourth-order valence-electron chi connectivity index (χ4n) is 2.53. The molecule has 0 aliphatic carbocycles. The maximum atomic E-state index is 13.2. The van der Waals surface area contributed by atoms with Crippen LogP contribution in [0.15, 0.2) is 18.2 Å². The molecule has 0 radical (unpaired) electrons. The molecule has 1 aromatic rings. The van der Waals surface area contributed by atoms with E-state index in [2.05, 4.69) is 10.6 Å². The molecule has 0 saturated heterocycles. The minimum atomic E-state index is -0.894. The Balaban J connectivity index is 2.65. The molecule has 2 N–H and O–H groups in total. The molecule has 0 aliphatic heterocycles. The van der Waals surface area contributed by atoms with Crippen molar-refractivity contribution in [3.63, 3.8) is 0 Å². The van der Waals surface area contributed by atoms with Gasteiger partial charge in [-0.2, -0.15) is 0 Å². The summed E-state index contributed by atoms with van der Waals surface area (Å²) in [5.41, 5.74) is 0.168. The number of nitrogens with one attached hydrogen (secondary N) is 2. The summed E-state index contributed by atoms with van der Waals surface area (Å²) in [4.78, 5) is 38.0. The van der Waals surface area contributed by atoms with E-state index in [9.17, 15) is 23.2 Å². The second kappa shape index (κ2) is 10.6. The van der Waals surface area contributed by atoms with E-state index in [1.165, 1.54) is 11.8 Å². The van der Waals surface area contributed by atoms with E-state index >= 15 is 0 Å². The predicted molar refractivity (Wildman–Crippen MR) is 97.8 cm³/mol. The van der Waals surface area contributed by atoms with E-state index in [-0.39, 0.29) is 17.9 Å². The van der Waals surface area contributed by atoms with Gasteiger partial charge in [0.1, 0.15) is 23.7 Å². The normalized spacial score (nSPS) is 12.8. The van der Waals surface area contributed by atoms with Crippen LogP contribution in [0.3, 0.4) is 0 Å². The molecule has 0 aliphatic rings. The van der Waals surface area contributed by atoms with Gasteiger partial charge in [0.25, 0.3) is 0 Å². The maximum Gasteiger partial charge on any atom is 0.244 e. The van der Waals surface area contributed by atoms with Crippen LogP contribution in [0.25, 0.3) is 0 Å². The molecular formula is C19H27F2N3O3. The van der Waals surface area contributed by atoms with Gasteiger partial charge in [-0.15, -0.1) is 0 Å². The monoisotopic (exact) mass is 383 g/mol. The van der Waals surface area contributed by atoms with Crippen LogP contribution in [-0.2, 0) is 20.8 Å². The molecule has 0 heterocycles. The van der Waals surface area contributed by atoms with Crippen LogP contribution in [-0.4, -0.2) is 48.8 Å². The number of hydrogen-bond acceptors (Lipinski definition) is 3. The van der Waals surface area contributed by atoms with E-state index in [1.807, 2.05) is 6.92 Å². The lowest BCUT2D eigenvalue weighted by Gasteiger charge is -2.23. The van der Waals surface area contributed by atoms with Gasteiger partial charge in [0.05, 0.1) is 6.42 Å². The molecule has 8 heteroatoms. The molecule has 0 spiro atoms. The van der Waals surface area contributed by atoms with Gasteiger partial charge in [-0.1, -0.05) is 19.8 Å². The van der Waals surface area contributed by atoms with Gasteiger partial charge < -0.3 is 15.5 Å². The van der Waals surface area contributed by atoms with Crippen LogP contribution in [0.1, 0.15) is 38.7 Å². The zero-order chi connectivity index (χ0) is 20.6. The number of likely N-dealkylation sites (N-methyl/N-ethyl adjacent to an activating group) is 1. The summed E-state index contributed by atoms with van der Waals surface area (Å²) in [5.74, 6) is -2.81. The molecular weight excluding hydrogens is 356 g/mol. The molecule has 2 atom stereocenters. The first kappa shape index (κ1) is 22.5. The molecule has 1 rings (SSSR count). The number of nitrogens with zero attached hydrogens (tertiary/aromatic N) is 1. The molecule has 0 aromatic heterocycles. The Hall–Kier alpha value is -2.51. The zero-order valence-corrected chi connectivity index (χ0v) is 16.1. The lowest BCUT2D eigenvalue weighted by Crippen LogP contribution is -2.52. The third-order valence-corrected chi connectivity index (χ3v) is 3.96. The van der Waals surface area contributed by atoms with Gasteiger partial charge in [-0.05, 0) is 31.0 Å². The number of amides is 3. The summed E-state index contributed by atoms with van der Waals surface area (Å²) in [7, 11) is 3.22. The molecule has 0 bridgehead atoms. The van der Waals surface area contributed by atoms with Gasteiger partial charge >= 0.3 is 0 Å². The molecule has 150 valence electrons. The number of benzene rings is 1. The molecule has 6 nitrogen and oxygen atoms in total. The third-order valence-electron chi connectivity index (χ3n) is 3.96. The first-order valence-electron chi connectivity index (χ1n) is 8.89. The van der Waals surface area contributed by atoms with E-state index in [0.717, 1.165) is 31.0 Å². The Morgan fingerprint density at radius 1 is 1.07 bits per heavy atom. The number of rotatable bonds is 9. The summed E-state index contributed by atoms with van der Waals surface area (Å²) in [5, 5.41) is 5.13. The van der Waals surface area contributed by atoms with Crippen molar-refractivity contribution >= 4 is 17.7 Å². The maximum absolute atomic E-state index is 13.2. The fourth-order valence-corrected chi connectivity index (χ4v) is 2.53. The van der Waals surface area contributed by atoms with Crippen LogP contribution >= 0.6 is 0 Å². The van der Waals surface area contributed by atoms with Crippen LogP contribution in [0.4, 0.5) is 8.78 Å². The first-order valence-corrected chi connectivity index (χ1v) is 8.89. The quantitative estimate of drug-likeness (QED) is 0.682. The van der Waals surface area contributed by atoms with Crippen molar-refractivity contribution in [2.45, 2.75) is 51.6 Å². The van der Waals surface area contributed by atoms with E-state index in [0.29, 0.717) is 6.42 Å². The zero-order valence-electron chi connectivity index (χ0n) is 16.1. The highest BCUT2D eigenvalue weighted by molar-refractivity contribution is 5.92. The van der Waals surface area contributed by atoms with Crippen LogP contribution < -0.4 is 10.6 Å². The van der Waals surface area contributed by atoms with Crippen molar-refractivity contribution in [3.05, 3.63) is 35.4 Å². The minimum absolute atomic E-state index is 0.168. The van der Waals surface area contributed by atoms with E-state index in [1.54, 1.807) is 14.1 Å². The highest BCUT2D eigenvalue weighted by Crippen LogP contribution is 2.09. The van der Waals surface area contributed by atoms with E-state index in [4.69, 9.17) is 0 Å². The average molecular weight is 383 g/mol. The highest BCUT2D eigenvalue weighted by atomic mass is 19.1. The summed E-state index contributed by atoms with van der Waals surface area (Å²) in [6.45, 7) is 3.47. The number of carbonyl (C=O) groups is 3. The van der Waals surface area contributed by atoms with Crippen molar-refractivity contribution < 1.29 is 23.2 Å². The lowest BCUT2D eigenvalue weighted by molar-refractivity contribution is -0.135. The largest absolute Gasteiger partial charge is 0.347 e. The van der Waals surface area contributed by atoms with Crippen LogP contribution in [0.2, 0.25) is 0 Å². The van der Waals surface area contributed by atoms with Crippen molar-refractivity contribution in [1.29, 1.82) is 0 Å². The van der Waals surface area contributed by atoms with Crippen molar-refractivity contribution in [2.24, 2.45) is 0 Å². The summed E-state index contributed by atoms with van der Waals surface area (Å²) in [6.07, 6.45) is 1.89. The summed E-state index contributed by atoms with van der Waals surface area (Å²) in [6, 6.07) is 1.28. The first-order chi connectivity index (χ1) is 12.6. The number of carbonyl (C=O) groups excluding carboxylic acids is 3. The standard InChI is InChI=1S/C19H27F2N3O3/c1-5-6-7-16(19(27)24(3)4)23-18(26)12(2)22-17(25)10-13-8-14(20)11-15(21)9-13/h8-9,11-12,16H,5-7,10H2,1-4H3,(H,22,25)(H,23,26)/t12-,16-/m0/s1. The Morgan fingerprint density at radius 2 is 1.67 bits per heavy atom. The minimum Gasteiger partial charge on any atom is -0.347 e. The molecule has 1 aromatic carbocycles. The average Bonchev–Trinajstić information content (AvgIpc) is 2.56. The Kier molecular flexibility index (Phi) is 8.84. The second-order valence-corrected chi connectivity index (χ2v) is 6.68. The topological polar surface area (TPSA) is 78.5 Å². The van der Waals surface area contributed by atoms with Crippen molar-refractivity contribution in [2.75, 3.05) is 14.1 Å². The van der Waals surface area contributed by atoms with Gasteiger partial charge in [0.15, 0.2) is 0 Å². The van der Waals surface area contributed by atoms with Crippen LogP contribution in [0.5, 0.6) is 0 Å². The fraction of sp³-hybridized carbons (Fsp3) is 0.526. The van der Waals surface area contributed by atoms with Gasteiger partial charge in [-0.25, -0.2) is 8.78 Å². The summed E-state index contributed by atoms with van der Waals surface area (Å²) < 4.78 is 26.4. The molecule has 27 heavy (non-hydrogen) atoms. The summed E-state index contributed by atoms with van der Waals surface area (Å²) >= 11 is 0. The van der Waals surface area contributed by atoms with Crippen LogP contribution in [0, 0.1) is 11.6 Å². The predicted octanol–water partition coefficient (Wildman–Crippen LogP) is 1.78.